The van der Waals surface area contributed by atoms with Gasteiger partial charge in [-0.05, 0) is 18.2 Å². The molecule has 0 saturated heterocycles. The summed E-state index contributed by atoms with van der Waals surface area (Å²) in [5.41, 5.74) is 2.32. The van der Waals surface area contributed by atoms with E-state index in [0.29, 0.717) is 22.3 Å². The van der Waals surface area contributed by atoms with Crippen molar-refractivity contribution in [1.82, 2.24) is 29.2 Å². The largest absolute Gasteiger partial charge is 0.343 e. The topological polar surface area (TPSA) is 152 Å². The van der Waals surface area contributed by atoms with Crippen molar-refractivity contribution in [3.63, 3.8) is 0 Å². The molecule has 2 amide bonds. The van der Waals surface area contributed by atoms with Gasteiger partial charge in [0.05, 0.1) is 30.3 Å². The smallest absolute Gasteiger partial charge is 0.253 e. The quantitative estimate of drug-likeness (QED) is 0.370. The molecule has 0 bridgehead atoms. The van der Waals surface area contributed by atoms with E-state index in [-0.39, 0.29) is 12.1 Å². The van der Waals surface area contributed by atoms with Gasteiger partial charge in [-0.15, -0.1) is 11.3 Å². The molecule has 0 radical (unpaired) electrons. The minimum Gasteiger partial charge on any atom is -0.343 e. The zero-order valence-electron chi connectivity index (χ0n) is 16.6. The van der Waals surface area contributed by atoms with Crippen LogP contribution in [0, 0.1) is 0 Å². The third kappa shape index (κ3) is 4.90. The minimum atomic E-state index is -3.48. The third-order valence-corrected chi connectivity index (χ3v) is 6.03. The Morgan fingerprint density at radius 2 is 2.00 bits per heavy atom. The Balaban J connectivity index is 1.34. The average Bonchev–Trinajstić information content (AvgIpc) is 3.52. The van der Waals surface area contributed by atoms with Crippen LogP contribution in [0.1, 0.15) is 10.4 Å². The normalized spacial score (nSPS) is 11.3. The molecule has 0 spiro atoms. The predicted molar refractivity (Wildman–Crippen MR) is 119 cm³/mol. The zero-order chi connectivity index (χ0) is 22.7. The third-order valence-electron chi connectivity index (χ3n) is 4.28. The molecule has 0 fully saturated rings. The number of hydrogen-bond donors (Lipinski definition) is 3. The molecule has 164 valence electrons. The second-order valence-corrected chi connectivity index (χ2v) is 9.39. The average molecular weight is 472 g/mol. The number of nitrogens with zero attached hydrogens (tertiary/aromatic N) is 4. The van der Waals surface area contributed by atoms with Gasteiger partial charge >= 0.3 is 0 Å². The van der Waals surface area contributed by atoms with Gasteiger partial charge in [0.15, 0.2) is 5.13 Å². The van der Waals surface area contributed by atoms with E-state index >= 15 is 0 Å². The number of carbonyl (C=O) groups excluding carboxylic acids is 2. The number of imidazole rings is 1. The lowest BCUT2D eigenvalue weighted by Gasteiger charge is -2.04. The van der Waals surface area contributed by atoms with Crippen molar-refractivity contribution >= 4 is 38.3 Å². The number of hydrogen-bond acceptors (Lipinski definition) is 8. The van der Waals surface area contributed by atoms with Crippen molar-refractivity contribution in [2.45, 2.75) is 0 Å². The number of thiazole rings is 1. The highest BCUT2D eigenvalue weighted by Gasteiger charge is 2.14. The van der Waals surface area contributed by atoms with E-state index in [1.54, 1.807) is 24.0 Å². The predicted octanol–water partition coefficient (Wildman–Crippen LogP) is 1.57. The number of aromatic amines is 1. The molecule has 3 N–H and O–H groups in total. The first kappa shape index (κ1) is 21.4. The van der Waals surface area contributed by atoms with Gasteiger partial charge in [-0.2, -0.15) is 0 Å². The molecule has 11 nitrogen and oxygen atoms in total. The molecule has 0 atom stereocenters. The lowest BCUT2D eigenvalue weighted by Crippen LogP contribution is -2.32. The highest BCUT2D eigenvalue weighted by Crippen LogP contribution is 2.25. The molecule has 4 aromatic rings. The Morgan fingerprint density at radius 3 is 2.72 bits per heavy atom. The van der Waals surface area contributed by atoms with Crippen molar-refractivity contribution in [2.75, 3.05) is 18.1 Å². The maximum atomic E-state index is 12.2. The Kier molecular flexibility index (Phi) is 5.83. The van der Waals surface area contributed by atoms with Crippen molar-refractivity contribution in [3.05, 3.63) is 60.1 Å². The number of aromatic nitrogens is 5. The fourth-order valence-electron chi connectivity index (χ4n) is 2.71. The minimum absolute atomic E-state index is 0.129. The first-order chi connectivity index (χ1) is 15.3. The van der Waals surface area contributed by atoms with Crippen molar-refractivity contribution < 1.29 is 18.0 Å². The summed E-state index contributed by atoms with van der Waals surface area (Å²) >= 11 is 1.23. The molecule has 13 heteroatoms. The van der Waals surface area contributed by atoms with Crippen LogP contribution in [0.3, 0.4) is 0 Å². The van der Waals surface area contributed by atoms with Crippen LogP contribution in [0.5, 0.6) is 0 Å². The summed E-state index contributed by atoms with van der Waals surface area (Å²) < 4.78 is 23.9. The number of nitrogens with one attached hydrogen (secondary N) is 3. The van der Waals surface area contributed by atoms with Crippen molar-refractivity contribution in [3.8, 4) is 22.8 Å². The van der Waals surface area contributed by atoms with Crippen molar-refractivity contribution in [2.24, 2.45) is 0 Å². The van der Waals surface area contributed by atoms with Crippen LogP contribution >= 0.6 is 11.3 Å². The summed E-state index contributed by atoms with van der Waals surface area (Å²) in [5, 5.41) is 7.19. The molecule has 32 heavy (non-hydrogen) atoms. The Bertz CT molecular complexity index is 1370. The van der Waals surface area contributed by atoms with E-state index in [0.717, 1.165) is 15.8 Å². The number of rotatable bonds is 7. The van der Waals surface area contributed by atoms with Crippen LogP contribution in [0.2, 0.25) is 0 Å². The second kappa shape index (κ2) is 8.72. The fourth-order valence-corrected chi connectivity index (χ4v) is 4.02. The Morgan fingerprint density at radius 1 is 1.22 bits per heavy atom. The van der Waals surface area contributed by atoms with Crippen LogP contribution in [-0.2, 0) is 14.8 Å². The van der Waals surface area contributed by atoms with Crippen molar-refractivity contribution in [1.29, 1.82) is 0 Å². The maximum Gasteiger partial charge on any atom is 0.253 e. The van der Waals surface area contributed by atoms with Crippen LogP contribution in [-0.4, -0.2) is 56.9 Å². The molecule has 0 aromatic carbocycles. The first-order valence-corrected chi connectivity index (χ1v) is 11.9. The molecular weight excluding hydrogens is 454 g/mol. The number of H-pyrrole nitrogens is 1. The van der Waals surface area contributed by atoms with Gasteiger partial charge in [0.25, 0.3) is 5.91 Å². The number of amides is 2. The summed E-state index contributed by atoms with van der Waals surface area (Å²) in [5.74, 6) is -0.360. The fraction of sp³-hybridized carbons (Fsp3) is 0.105. The lowest BCUT2D eigenvalue weighted by molar-refractivity contribution is -0.115. The van der Waals surface area contributed by atoms with Crippen LogP contribution in [0.15, 0.2) is 54.6 Å². The molecule has 4 heterocycles. The highest BCUT2D eigenvalue weighted by atomic mass is 32.2. The van der Waals surface area contributed by atoms with E-state index < -0.39 is 21.8 Å². The van der Waals surface area contributed by atoms with E-state index in [9.17, 15) is 18.0 Å². The highest BCUT2D eigenvalue weighted by molar-refractivity contribution is 7.89. The Labute approximate surface area is 186 Å². The van der Waals surface area contributed by atoms with Gasteiger partial charge in [-0.25, -0.2) is 18.4 Å². The summed E-state index contributed by atoms with van der Waals surface area (Å²) in [7, 11) is -3.48. The molecule has 4 rings (SSSR count). The second-order valence-electron chi connectivity index (χ2n) is 6.64. The van der Waals surface area contributed by atoms with E-state index in [2.05, 4.69) is 30.6 Å². The molecule has 0 aliphatic heterocycles. The van der Waals surface area contributed by atoms with Gasteiger partial charge in [-0.1, -0.05) is 0 Å². The summed E-state index contributed by atoms with van der Waals surface area (Å²) in [6.07, 6.45) is 8.46. The first-order valence-electron chi connectivity index (χ1n) is 9.17. The number of pyridine rings is 1. The number of anilines is 1. The molecule has 0 aliphatic rings. The van der Waals surface area contributed by atoms with Crippen LogP contribution in [0.25, 0.3) is 22.8 Å². The molecule has 0 unspecified atom stereocenters. The van der Waals surface area contributed by atoms with Gasteiger partial charge in [-0.3, -0.25) is 18.5 Å². The summed E-state index contributed by atoms with van der Waals surface area (Å²) in [6, 6.07) is 5.02. The van der Waals surface area contributed by atoms with Gasteiger partial charge < -0.3 is 15.6 Å². The Hall–Kier alpha value is -3.84. The van der Waals surface area contributed by atoms with Crippen LogP contribution < -0.4 is 10.6 Å². The number of carbonyl (C=O) groups is 2. The molecule has 4 aromatic heterocycles. The van der Waals surface area contributed by atoms with E-state index in [1.807, 2.05) is 12.1 Å². The van der Waals surface area contributed by atoms with Gasteiger partial charge in [0, 0.05) is 35.7 Å². The molecule has 0 saturated carbocycles. The summed E-state index contributed by atoms with van der Waals surface area (Å²) in [6.45, 7) is -0.298. The van der Waals surface area contributed by atoms with Gasteiger partial charge in [0.1, 0.15) is 11.5 Å². The van der Waals surface area contributed by atoms with Crippen LogP contribution in [0.4, 0.5) is 5.13 Å². The summed E-state index contributed by atoms with van der Waals surface area (Å²) in [4.78, 5) is 40.1. The zero-order valence-corrected chi connectivity index (χ0v) is 18.3. The maximum absolute atomic E-state index is 12.2. The molecular formula is C19H17N7O4S2. The van der Waals surface area contributed by atoms with E-state index in [4.69, 9.17) is 0 Å². The molecule has 0 aliphatic carbocycles. The monoisotopic (exact) mass is 471 g/mol. The lowest BCUT2D eigenvalue weighted by atomic mass is 10.2. The van der Waals surface area contributed by atoms with E-state index in [1.165, 1.54) is 29.8 Å². The van der Waals surface area contributed by atoms with Gasteiger partial charge in [0.2, 0.25) is 15.9 Å². The standard InChI is InChI=1S/C19H17N7O4S2/c1-32(29,30)26-7-4-13(10-26)18(28)22-9-16(27)25-19-24-15(11-31-19)14-8-21-17(23-14)12-2-5-20-6-3-12/h2-8,10-11H,9H2,1H3,(H,21,23)(H,22,28)(H,24,25,27). The SMILES string of the molecule is CS(=O)(=O)n1ccc(C(=O)NCC(=O)Nc2nc(-c3cnc(-c4ccncc4)[nH]3)cs2)c1.